The van der Waals surface area contributed by atoms with Crippen molar-refractivity contribution in [2.45, 2.75) is 45.6 Å². The van der Waals surface area contributed by atoms with Gasteiger partial charge < -0.3 is 29.2 Å². The van der Waals surface area contributed by atoms with Crippen molar-refractivity contribution in [2.75, 3.05) is 52.9 Å². The van der Waals surface area contributed by atoms with Crippen LogP contribution in [0, 0.1) is 5.92 Å². The molecule has 9 nitrogen and oxygen atoms in total. The lowest BCUT2D eigenvalue weighted by Gasteiger charge is -2.36. The minimum absolute atomic E-state index is 0.0653. The van der Waals surface area contributed by atoms with Crippen LogP contribution in [0.1, 0.15) is 50.6 Å². The Balaban J connectivity index is 1.40. The fourth-order valence-electron chi connectivity index (χ4n) is 4.19. The number of likely N-dealkylation sites (tertiary alicyclic amines) is 1. The number of carbonyl (C=O) groups excluding carboxylic acids is 2. The SMILES string of the molecule is CN=C(NCCC1CCCN(C(=O)OC(C)(C)C)C1)N1CCN(C(=O)c2ccco2)CC1. The van der Waals surface area contributed by atoms with E-state index in [1.165, 1.54) is 6.26 Å². The van der Waals surface area contributed by atoms with E-state index in [1.54, 1.807) is 19.2 Å². The van der Waals surface area contributed by atoms with Crippen LogP contribution in [0.4, 0.5) is 4.79 Å². The van der Waals surface area contributed by atoms with Gasteiger partial charge in [-0.05, 0) is 58.1 Å². The van der Waals surface area contributed by atoms with Crippen molar-refractivity contribution in [3.63, 3.8) is 0 Å². The number of rotatable bonds is 4. The Kier molecular flexibility index (Phi) is 8.04. The van der Waals surface area contributed by atoms with Gasteiger partial charge in [0.2, 0.25) is 0 Å². The summed E-state index contributed by atoms with van der Waals surface area (Å²) in [4.78, 5) is 35.1. The van der Waals surface area contributed by atoms with Crippen molar-refractivity contribution in [3.05, 3.63) is 24.2 Å². The van der Waals surface area contributed by atoms with Crippen LogP contribution in [-0.4, -0.2) is 91.1 Å². The molecule has 3 rings (SSSR count). The second-order valence-electron chi connectivity index (χ2n) is 9.45. The molecule has 2 aliphatic heterocycles. The minimum Gasteiger partial charge on any atom is -0.459 e. The first-order chi connectivity index (χ1) is 15.3. The zero-order valence-electron chi connectivity index (χ0n) is 19.8. The molecule has 2 amide bonds. The van der Waals surface area contributed by atoms with Gasteiger partial charge in [-0.15, -0.1) is 0 Å². The van der Waals surface area contributed by atoms with Gasteiger partial charge in [-0.25, -0.2) is 4.79 Å². The number of hydrogen-bond donors (Lipinski definition) is 1. The maximum Gasteiger partial charge on any atom is 0.410 e. The molecule has 9 heteroatoms. The zero-order valence-corrected chi connectivity index (χ0v) is 19.8. The molecule has 1 atom stereocenters. The fourth-order valence-corrected chi connectivity index (χ4v) is 4.19. The maximum absolute atomic E-state index is 12.4. The summed E-state index contributed by atoms with van der Waals surface area (Å²) < 4.78 is 10.8. The van der Waals surface area contributed by atoms with E-state index in [9.17, 15) is 9.59 Å². The highest BCUT2D eigenvalue weighted by Crippen LogP contribution is 2.21. The lowest BCUT2D eigenvalue weighted by Crippen LogP contribution is -2.54. The zero-order chi connectivity index (χ0) is 23.1. The van der Waals surface area contributed by atoms with Crippen molar-refractivity contribution in [1.29, 1.82) is 0 Å². The summed E-state index contributed by atoms with van der Waals surface area (Å²) >= 11 is 0. The van der Waals surface area contributed by atoms with Crippen LogP contribution in [0.2, 0.25) is 0 Å². The van der Waals surface area contributed by atoms with Crippen molar-refractivity contribution >= 4 is 18.0 Å². The summed E-state index contributed by atoms with van der Waals surface area (Å²) in [5, 5.41) is 3.46. The fraction of sp³-hybridized carbons (Fsp3) is 0.696. The molecule has 0 bridgehead atoms. The molecule has 0 saturated carbocycles. The molecule has 32 heavy (non-hydrogen) atoms. The van der Waals surface area contributed by atoms with E-state index in [-0.39, 0.29) is 12.0 Å². The third-order valence-electron chi connectivity index (χ3n) is 5.82. The Morgan fingerprint density at radius 3 is 2.50 bits per heavy atom. The summed E-state index contributed by atoms with van der Waals surface area (Å²) in [6, 6.07) is 3.43. The first-order valence-corrected chi connectivity index (χ1v) is 11.5. The highest BCUT2D eigenvalue weighted by Gasteiger charge is 2.28. The van der Waals surface area contributed by atoms with Gasteiger partial charge in [0, 0.05) is 52.9 Å². The monoisotopic (exact) mass is 447 g/mol. The number of nitrogens with zero attached hydrogens (tertiary/aromatic N) is 4. The number of aliphatic imine (C=N–C) groups is 1. The van der Waals surface area contributed by atoms with E-state index >= 15 is 0 Å². The van der Waals surface area contributed by atoms with Crippen LogP contribution < -0.4 is 5.32 Å². The number of carbonyl (C=O) groups is 2. The van der Waals surface area contributed by atoms with Crippen LogP contribution in [0.15, 0.2) is 27.8 Å². The quantitative estimate of drug-likeness (QED) is 0.564. The molecule has 3 heterocycles. The summed E-state index contributed by atoms with van der Waals surface area (Å²) in [5.74, 6) is 1.62. The van der Waals surface area contributed by atoms with Gasteiger partial charge in [0.25, 0.3) is 5.91 Å². The molecule has 1 aromatic rings. The van der Waals surface area contributed by atoms with Gasteiger partial charge in [0.1, 0.15) is 5.60 Å². The van der Waals surface area contributed by atoms with Gasteiger partial charge in [-0.2, -0.15) is 0 Å². The number of piperidine rings is 1. The van der Waals surface area contributed by atoms with Crippen molar-refractivity contribution in [3.8, 4) is 0 Å². The number of guanidine groups is 1. The molecule has 2 aliphatic rings. The average Bonchev–Trinajstić information content (AvgIpc) is 3.30. The number of nitrogens with one attached hydrogen (secondary N) is 1. The predicted molar refractivity (Wildman–Crippen MR) is 123 cm³/mol. The number of amides is 2. The largest absolute Gasteiger partial charge is 0.459 e. The van der Waals surface area contributed by atoms with Crippen LogP contribution >= 0.6 is 0 Å². The topological polar surface area (TPSA) is 90.6 Å². The number of ether oxygens (including phenoxy) is 1. The molecule has 2 fully saturated rings. The molecule has 0 spiro atoms. The van der Waals surface area contributed by atoms with Crippen LogP contribution in [0.5, 0.6) is 0 Å². The van der Waals surface area contributed by atoms with E-state index in [2.05, 4.69) is 15.2 Å². The molecule has 1 N–H and O–H groups in total. The highest BCUT2D eigenvalue weighted by atomic mass is 16.6. The first kappa shape index (κ1) is 23.9. The molecule has 2 saturated heterocycles. The molecule has 1 aromatic heterocycles. The summed E-state index contributed by atoms with van der Waals surface area (Å²) in [6.45, 7) is 10.7. The summed E-state index contributed by atoms with van der Waals surface area (Å²) in [6.07, 6.45) is 4.40. The first-order valence-electron chi connectivity index (χ1n) is 11.5. The third kappa shape index (κ3) is 6.64. The van der Waals surface area contributed by atoms with E-state index in [0.717, 1.165) is 57.9 Å². The highest BCUT2D eigenvalue weighted by molar-refractivity contribution is 5.91. The van der Waals surface area contributed by atoms with Crippen molar-refractivity contribution < 1.29 is 18.7 Å². The van der Waals surface area contributed by atoms with Crippen LogP contribution in [0.3, 0.4) is 0 Å². The molecule has 0 aliphatic carbocycles. The molecule has 178 valence electrons. The normalized spacial score (nSPS) is 20.3. The number of furan rings is 1. The van der Waals surface area contributed by atoms with Gasteiger partial charge in [-0.1, -0.05) is 0 Å². The standard InChI is InChI=1S/C23H37N5O4/c1-23(2,3)32-22(30)28-11-5-7-18(17-28)9-10-25-21(24-4)27-14-12-26(13-15-27)20(29)19-8-6-16-31-19/h6,8,16,18H,5,7,9-15,17H2,1-4H3,(H,24,25). The number of piperazine rings is 1. The Hall–Kier alpha value is -2.71. The maximum atomic E-state index is 12.4. The Morgan fingerprint density at radius 2 is 1.88 bits per heavy atom. The van der Waals surface area contributed by atoms with Crippen molar-refractivity contribution in [2.24, 2.45) is 10.9 Å². The summed E-state index contributed by atoms with van der Waals surface area (Å²) in [7, 11) is 1.79. The summed E-state index contributed by atoms with van der Waals surface area (Å²) in [5.41, 5.74) is -0.468. The van der Waals surface area contributed by atoms with Crippen molar-refractivity contribution in [1.82, 2.24) is 20.0 Å². The van der Waals surface area contributed by atoms with E-state index in [0.29, 0.717) is 24.8 Å². The Morgan fingerprint density at radius 1 is 1.16 bits per heavy atom. The average molecular weight is 448 g/mol. The lowest BCUT2D eigenvalue weighted by atomic mass is 9.95. The lowest BCUT2D eigenvalue weighted by molar-refractivity contribution is 0.0162. The van der Waals surface area contributed by atoms with Gasteiger partial charge in [0.05, 0.1) is 6.26 Å². The van der Waals surface area contributed by atoms with Crippen LogP contribution in [0.25, 0.3) is 0 Å². The van der Waals surface area contributed by atoms with Gasteiger partial charge in [0.15, 0.2) is 11.7 Å². The van der Waals surface area contributed by atoms with Crippen LogP contribution in [-0.2, 0) is 4.74 Å². The second-order valence-corrected chi connectivity index (χ2v) is 9.45. The molecular weight excluding hydrogens is 410 g/mol. The molecular formula is C23H37N5O4. The van der Waals surface area contributed by atoms with E-state index in [4.69, 9.17) is 9.15 Å². The van der Waals surface area contributed by atoms with Gasteiger partial charge in [-0.3, -0.25) is 9.79 Å². The molecule has 0 radical (unpaired) electrons. The third-order valence-corrected chi connectivity index (χ3v) is 5.82. The van der Waals surface area contributed by atoms with E-state index in [1.807, 2.05) is 30.6 Å². The number of hydrogen-bond acceptors (Lipinski definition) is 5. The predicted octanol–water partition coefficient (Wildman–Crippen LogP) is 2.65. The minimum atomic E-state index is -0.468. The Labute approximate surface area is 190 Å². The van der Waals surface area contributed by atoms with Gasteiger partial charge >= 0.3 is 6.09 Å². The Bertz CT molecular complexity index is 779. The second kappa shape index (κ2) is 10.7. The molecule has 0 aromatic carbocycles. The smallest absolute Gasteiger partial charge is 0.410 e. The van der Waals surface area contributed by atoms with E-state index < -0.39 is 5.60 Å². The molecule has 1 unspecified atom stereocenters.